The van der Waals surface area contributed by atoms with Crippen molar-refractivity contribution in [1.29, 1.82) is 5.26 Å². The normalized spacial score (nSPS) is 28.8. The van der Waals surface area contributed by atoms with E-state index in [2.05, 4.69) is 24.1 Å². The highest BCUT2D eigenvalue weighted by Gasteiger charge is 2.39. The van der Waals surface area contributed by atoms with Crippen LogP contribution in [0, 0.1) is 29.1 Å². The smallest absolute Gasteiger partial charge is 0.0995 e. The first-order chi connectivity index (χ1) is 9.26. The molecule has 2 fully saturated rings. The topological polar surface area (TPSA) is 27.0 Å². The maximum absolute atomic E-state index is 9.13. The van der Waals surface area contributed by atoms with E-state index in [1.807, 2.05) is 18.2 Å². The molecule has 0 N–H and O–H groups in total. The molecule has 2 heteroatoms. The standard InChI is InChI=1S/C17H22N2/c1-19(11-16-5-3-2-4-15(16)10-18)12-17-9-13-6-7-14(17)8-13/h2-5,13-14,17H,6-9,11-12H2,1H3. The Labute approximate surface area is 116 Å². The Balaban J connectivity index is 1.59. The molecule has 3 rings (SSSR count). The summed E-state index contributed by atoms with van der Waals surface area (Å²) >= 11 is 0. The van der Waals surface area contributed by atoms with Gasteiger partial charge >= 0.3 is 0 Å². The predicted molar refractivity (Wildman–Crippen MR) is 76.4 cm³/mol. The monoisotopic (exact) mass is 254 g/mol. The van der Waals surface area contributed by atoms with E-state index in [1.54, 1.807) is 0 Å². The molecule has 1 aromatic rings. The summed E-state index contributed by atoms with van der Waals surface area (Å²) in [5.41, 5.74) is 1.98. The van der Waals surface area contributed by atoms with Gasteiger partial charge in [0.2, 0.25) is 0 Å². The van der Waals surface area contributed by atoms with Crippen LogP contribution in [-0.2, 0) is 6.54 Å². The number of nitrogens with zero attached hydrogens (tertiary/aromatic N) is 2. The highest BCUT2D eigenvalue weighted by molar-refractivity contribution is 5.37. The summed E-state index contributed by atoms with van der Waals surface area (Å²) in [4.78, 5) is 2.40. The third-order valence-electron chi connectivity index (χ3n) is 5.01. The van der Waals surface area contributed by atoms with Crippen molar-refractivity contribution in [3.8, 4) is 6.07 Å². The van der Waals surface area contributed by atoms with Gasteiger partial charge in [-0.3, -0.25) is 0 Å². The van der Waals surface area contributed by atoms with Crippen molar-refractivity contribution in [3.05, 3.63) is 35.4 Å². The first-order valence-corrected chi connectivity index (χ1v) is 7.43. The van der Waals surface area contributed by atoms with E-state index in [9.17, 15) is 0 Å². The van der Waals surface area contributed by atoms with Gasteiger partial charge in [-0.15, -0.1) is 0 Å². The summed E-state index contributed by atoms with van der Waals surface area (Å²) in [7, 11) is 2.19. The van der Waals surface area contributed by atoms with E-state index >= 15 is 0 Å². The highest BCUT2D eigenvalue weighted by Crippen LogP contribution is 2.48. The summed E-state index contributed by atoms with van der Waals surface area (Å²) in [6, 6.07) is 10.3. The molecule has 0 radical (unpaired) electrons. The number of rotatable bonds is 4. The zero-order chi connectivity index (χ0) is 13.2. The third-order valence-corrected chi connectivity index (χ3v) is 5.01. The molecule has 2 nitrogen and oxygen atoms in total. The molecule has 2 saturated carbocycles. The van der Waals surface area contributed by atoms with Gasteiger partial charge in [-0.25, -0.2) is 0 Å². The molecule has 0 aromatic heterocycles. The Bertz CT molecular complexity index is 488. The van der Waals surface area contributed by atoms with Crippen molar-refractivity contribution >= 4 is 0 Å². The van der Waals surface area contributed by atoms with Crippen LogP contribution in [0.15, 0.2) is 24.3 Å². The molecule has 2 bridgehead atoms. The van der Waals surface area contributed by atoms with Gasteiger partial charge in [0, 0.05) is 13.1 Å². The van der Waals surface area contributed by atoms with Gasteiger partial charge in [-0.2, -0.15) is 5.26 Å². The summed E-state index contributed by atoms with van der Waals surface area (Å²) in [6.45, 7) is 2.10. The average Bonchev–Trinajstić information content (AvgIpc) is 3.01. The van der Waals surface area contributed by atoms with Crippen LogP contribution in [0.5, 0.6) is 0 Å². The van der Waals surface area contributed by atoms with Crippen LogP contribution in [-0.4, -0.2) is 18.5 Å². The van der Waals surface area contributed by atoms with Gasteiger partial charge in [-0.1, -0.05) is 24.6 Å². The van der Waals surface area contributed by atoms with Crippen molar-refractivity contribution in [3.63, 3.8) is 0 Å². The molecule has 100 valence electrons. The number of hydrogen-bond donors (Lipinski definition) is 0. The van der Waals surface area contributed by atoms with Gasteiger partial charge in [0.05, 0.1) is 11.6 Å². The van der Waals surface area contributed by atoms with E-state index in [0.717, 1.165) is 35.4 Å². The van der Waals surface area contributed by atoms with Gasteiger partial charge in [0.1, 0.15) is 0 Å². The van der Waals surface area contributed by atoms with E-state index in [0.29, 0.717) is 0 Å². The minimum atomic E-state index is 0.822. The fourth-order valence-electron chi connectivity index (χ4n) is 4.12. The summed E-state index contributed by atoms with van der Waals surface area (Å²) in [5, 5.41) is 9.13. The molecular weight excluding hydrogens is 232 g/mol. The Hall–Kier alpha value is -1.33. The summed E-state index contributed by atoms with van der Waals surface area (Å²) in [5.74, 6) is 2.91. The second-order valence-electron chi connectivity index (χ2n) is 6.40. The second-order valence-corrected chi connectivity index (χ2v) is 6.40. The van der Waals surface area contributed by atoms with E-state index in [1.165, 1.54) is 32.2 Å². The molecule has 2 aliphatic carbocycles. The SMILES string of the molecule is CN(Cc1ccccc1C#N)CC1CC2CCC1C2. The molecule has 3 atom stereocenters. The summed E-state index contributed by atoms with van der Waals surface area (Å²) in [6.07, 6.45) is 5.85. The Kier molecular flexibility index (Phi) is 3.57. The fraction of sp³-hybridized carbons (Fsp3) is 0.588. The number of nitriles is 1. The number of hydrogen-bond acceptors (Lipinski definition) is 2. The molecule has 19 heavy (non-hydrogen) atoms. The first-order valence-electron chi connectivity index (χ1n) is 7.43. The van der Waals surface area contributed by atoms with Crippen LogP contribution in [0.2, 0.25) is 0 Å². The quantitative estimate of drug-likeness (QED) is 0.823. The zero-order valence-electron chi connectivity index (χ0n) is 11.7. The first kappa shape index (κ1) is 12.7. The largest absolute Gasteiger partial charge is 0.302 e. The van der Waals surface area contributed by atoms with E-state index in [-0.39, 0.29) is 0 Å². The predicted octanol–water partition coefficient (Wildman–Crippen LogP) is 3.43. The van der Waals surface area contributed by atoms with Crippen LogP contribution in [0.1, 0.15) is 36.8 Å². The van der Waals surface area contributed by atoms with Crippen LogP contribution < -0.4 is 0 Å². The van der Waals surface area contributed by atoms with Gasteiger partial charge < -0.3 is 4.90 Å². The zero-order valence-corrected chi connectivity index (χ0v) is 11.7. The van der Waals surface area contributed by atoms with E-state index < -0.39 is 0 Å². The van der Waals surface area contributed by atoms with Crippen molar-refractivity contribution in [2.75, 3.05) is 13.6 Å². The average molecular weight is 254 g/mol. The van der Waals surface area contributed by atoms with Crippen molar-refractivity contribution in [2.24, 2.45) is 17.8 Å². The van der Waals surface area contributed by atoms with Crippen molar-refractivity contribution in [2.45, 2.75) is 32.2 Å². The van der Waals surface area contributed by atoms with Crippen LogP contribution in [0.4, 0.5) is 0 Å². The molecule has 0 saturated heterocycles. The molecule has 3 unspecified atom stereocenters. The molecule has 0 spiro atoms. The minimum Gasteiger partial charge on any atom is -0.302 e. The summed E-state index contributed by atoms with van der Waals surface area (Å²) < 4.78 is 0. The van der Waals surface area contributed by atoms with Crippen LogP contribution in [0.3, 0.4) is 0 Å². The van der Waals surface area contributed by atoms with Gasteiger partial charge in [0.15, 0.2) is 0 Å². The maximum atomic E-state index is 9.13. The molecule has 0 aliphatic heterocycles. The lowest BCUT2D eigenvalue weighted by Crippen LogP contribution is -2.28. The van der Waals surface area contributed by atoms with Gasteiger partial charge in [-0.05, 0) is 55.7 Å². The van der Waals surface area contributed by atoms with Crippen LogP contribution >= 0.6 is 0 Å². The Morgan fingerprint density at radius 2 is 2.11 bits per heavy atom. The Morgan fingerprint density at radius 1 is 1.26 bits per heavy atom. The third kappa shape index (κ3) is 2.67. The van der Waals surface area contributed by atoms with Crippen LogP contribution in [0.25, 0.3) is 0 Å². The lowest BCUT2D eigenvalue weighted by atomic mass is 9.88. The number of fused-ring (bicyclic) bond motifs is 2. The second kappa shape index (κ2) is 5.35. The number of benzene rings is 1. The lowest BCUT2D eigenvalue weighted by Gasteiger charge is -2.27. The Morgan fingerprint density at radius 3 is 2.79 bits per heavy atom. The molecule has 0 amide bonds. The molecular formula is C17H22N2. The molecule has 0 heterocycles. The van der Waals surface area contributed by atoms with Crippen molar-refractivity contribution in [1.82, 2.24) is 4.90 Å². The molecule has 2 aliphatic rings. The van der Waals surface area contributed by atoms with Gasteiger partial charge in [0.25, 0.3) is 0 Å². The minimum absolute atomic E-state index is 0.822. The lowest BCUT2D eigenvalue weighted by molar-refractivity contribution is 0.214. The van der Waals surface area contributed by atoms with Crippen molar-refractivity contribution < 1.29 is 0 Å². The highest BCUT2D eigenvalue weighted by atomic mass is 15.1. The molecule has 1 aromatic carbocycles. The fourth-order valence-corrected chi connectivity index (χ4v) is 4.12. The maximum Gasteiger partial charge on any atom is 0.0995 e. The van der Waals surface area contributed by atoms with E-state index in [4.69, 9.17) is 5.26 Å².